The zero-order valence-electron chi connectivity index (χ0n) is 20.6. The number of carbonyl (C=O) groups is 1. The number of carbonyl (C=O) groups excluding carboxylic acids is 1. The van der Waals surface area contributed by atoms with Gasteiger partial charge in [-0.2, -0.15) is 0 Å². The number of amides is 1. The first-order valence-corrected chi connectivity index (χ1v) is 11.8. The molecule has 1 atom stereocenters. The standard InChI is InChI=1S/C27H30N6O3/c1-16(2)30-27(34)17(3)36-22-6-4-5-19(11-22)25-32-24-15-35-14-23(24)26(33-25)31-21-9-7-18(8-10-21)20(12-28)13-29/h4-13,16-17,28H,14-15,29H2,1-3H3,(H,30,34)(H,31,32,33)/p+1/b20-13+,28-12?. The summed E-state index contributed by atoms with van der Waals surface area (Å²) in [5.74, 6) is 1.60. The maximum Gasteiger partial charge on any atom is 0.260 e. The Balaban J connectivity index is 1.59. The van der Waals surface area contributed by atoms with Crippen molar-refractivity contribution < 1.29 is 19.7 Å². The molecule has 0 aliphatic carbocycles. The Labute approximate surface area is 210 Å². The first kappa shape index (κ1) is 24.9. The maximum atomic E-state index is 12.3. The van der Waals surface area contributed by atoms with Gasteiger partial charge in [-0.15, -0.1) is 0 Å². The lowest BCUT2D eigenvalue weighted by molar-refractivity contribution is -0.127. The third kappa shape index (κ3) is 5.69. The number of rotatable bonds is 9. The number of hydrogen-bond donors (Lipinski definition) is 4. The molecule has 9 heteroatoms. The first-order chi connectivity index (χ1) is 17.4. The summed E-state index contributed by atoms with van der Waals surface area (Å²) in [6.07, 6.45) is 2.31. The highest BCUT2D eigenvalue weighted by molar-refractivity contribution is 6.06. The predicted molar refractivity (Wildman–Crippen MR) is 139 cm³/mol. The molecule has 1 aliphatic heterocycles. The van der Waals surface area contributed by atoms with E-state index >= 15 is 0 Å². The van der Waals surface area contributed by atoms with Crippen LogP contribution in [0.5, 0.6) is 5.75 Å². The summed E-state index contributed by atoms with van der Waals surface area (Å²) in [5.41, 5.74) is 10.7. The number of fused-ring (bicyclic) bond motifs is 1. The Morgan fingerprint density at radius 3 is 2.61 bits per heavy atom. The minimum Gasteiger partial charge on any atom is -0.481 e. The van der Waals surface area contributed by atoms with E-state index in [0.29, 0.717) is 30.6 Å². The van der Waals surface area contributed by atoms with Gasteiger partial charge in [0.25, 0.3) is 5.91 Å². The maximum absolute atomic E-state index is 12.3. The Hall–Kier alpha value is -4.24. The summed E-state index contributed by atoms with van der Waals surface area (Å²) in [5, 5.41) is 11.9. The van der Waals surface area contributed by atoms with Crippen LogP contribution >= 0.6 is 0 Å². The number of nitrogens with two attached hydrogens (primary N) is 2. The van der Waals surface area contributed by atoms with Gasteiger partial charge in [0.1, 0.15) is 11.6 Å². The highest BCUT2D eigenvalue weighted by Gasteiger charge is 2.22. The molecule has 36 heavy (non-hydrogen) atoms. The zero-order chi connectivity index (χ0) is 25.7. The van der Waals surface area contributed by atoms with E-state index in [1.54, 1.807) is 6.92 Å². The van der Waals surface area contributed by atoms with Crippen molar-refractivity contribution in [3.8, 4) is 17.1 Å². The van der Waals surface area contributed by atoms with Crippen molar-refractivity contribution in [2.75, 3.05) is 5.32 Å². The van der Waals surface area contributed by atoms with Crippen molar-refractivity contribution in [3.05, 3.63) is 71.6 Å². The number of nitrogens with zero attached hydrogens (tertiary/aromatic N) is 2. The molecule has 3 aromatic rings. The van der Waals surface area contributed by atoms with Gasteiger partial charge < -0.3 is 25.8 Å². The normalized spacial score (nSPS) is 13.7. The van der Waals surface area contributed by atoms with Crippen LogP contribution in [-0.2, 0) is 22.7 Å². The SMILES string of the molecule is CC(C)NC(=O)C(C)Oc1cccc(-c2nc3c(c(Nc4ccc(/C(C=[NH2+])=C/N)cc4)n2)COC3)c1. The molecule has 1 aliphatic rings. The van der Waals surface area contributed by atoms with Crippen LogP contribution in [0.3, 0.4) is 0 Å². The molecule has 0 fully saturated rings. The lowest BCUT2D eigenvalue weighted by atomic mass is 10.1. The molecule has 0 saturated heterocycles. The average Bonchev–Trinajstić information content (AvgIpc) is 3.35. The second kappa shape index (κ2) is 11.0. The van der Waals surface area contributed by atoms with Gasteiger partial charge in [-0.05, 0) is 50.6 Å². The van der Waals surface area contributed by atoms with E-state index < -0.39 is 6.10 Å². The average molecular weight is 488 g/mol. The van der Waals surface area contributed by atoms with Crippen LogP contribution in [0.2, 0.25) is 0 Å². The van der Waals surface area contributed by atoms with Crippen LogP contribution < -0.4 is 26.5 Å². The topological polar surface area (TPSA) is 137 Å². The molecule has 2 heterocycles. The molecule has 1 amide bonds. The van der Waals surface area contributed by atoms with E-state index in [0.717, 1.165) is 33.6 Å². The molecule has 9 nitrogen and oxygen atoms in total. The van der Waals surface area contributed by atoms with Crippen molar-refractivity contribution >= 4 is 29.2 Å². The van der Waals surface area contributed by atoms with E-state index in [1.807, 2.05) is 62.4 Å². The summed E-state index contributed by atoms with van der Waals surface area (Å²) < 4.78 is 11.5. The predicted octanol–water partition coefficient (Wildman–Crippen LogP) is 2.34. The van der Waals surface area contributed by atoms with Gasteiger partial charge in [0, 0.05) is 29.1 Å². The highest BCUT2D eigenvalue weighted by Crippen LogP contribution is 2.31. The Bertz CT molecular complexity index is 1290. The first-order valence-electron chi connectivity index (χ1n) is 11.8. The molecule has 0 bridgehead atoms. The molecule has 1 unspecified atom stereocenters. The molecular formula is C27H31N6O3+. The Morgan fingerprint density at radius 2 is 1.92 bits per heavy atom. The molecule has 0 radical (unpaired) electrons. The fourth-order valence-corrected chi connectivity index (χ4v) is 3.78. The summed E-state index contributed by atoms with van der Waals surface area (Å²) in [7, 11) is 0. The molecule has 186 valence electrons. The van der Waals surface area contributed by atoms with E-state index in [-0.39, 0.29) is 11.9 Å². The lowest BCUT2D eigenvalue weighted by Gasteiger charge is -2.17. The highest BCUT2D eigenvalue weighted by atomic mass is 16.5. The molecule has 1 aromatic heterocycles. The molecule has 2 aromatic carbocycles. The summed E-state index contributed by atoms with van der Waals surface area (Å²) >= 11 is 0. The number of aromatic nitrogens is 2. The minimum absolute atomic E-state index is 0.0391. The number of anilines is 2. The van der Waals surface area contributed by atoms with Gasteiger partial charge in [-0.25, -0.2) is 9.97 Å². The summed E-state index contributed by atoms with van der Waals surface area (Å²) in [6, 6.07) is 15.2. The van der Waals surface area contributed by atoms with Crippen molar-refractivity contribution in [3.63, 3.8) is 0 Å². The van der Waals surface area contributed by atoms with Crippen LogP contribution in [0.4, 0.5) is 11.5 Å². The lowest BCUT2D eigenvalue weighted by Crippen LogP contribution is -2.40. The van der Waals surface area contributed by atoms with Gasteiger partial charge in [-0.1, -0.05) is 24.3 Å². The molecule has 0 saturated carbocycles. The zero-order valence-corrected chi connectivity index (χ0v) is 20.6. The molecule has 6 N–H and O–H groups in total. The molecule has 4 rings (SSSR count). The van der Waals surface area contributed by atoms with Crippen molar-refractivity contribution in [1.82, 2.24) is 15.3 Å². The van der Waals surface area contributed by atoms with Gasteiger partial charge in [0.2, 0.25) is 0 Å². The van der Waals surface area contributed by atoms with Crippen molar-refractivity contribution in [2.24, 2.45) is 5.73 Å². The van der Waals surface area contributed by atoms with Gasteiger partial charge in [0.15, 0.2) is 18.1 Å². The minimum atomic E-state index is -0.635. The van der Waals surface area contributed by atoms with Gasteiger partial charge in [-0.3, -0.25) is 10.2 Å². The van der Waals surface area contributed by atoms with Crippen molar-refractivity contribution in [2.45, 2.75) is 46.1 Å². The second-order valence-electron chi connectivity index (χ2n) is 8.76. The number of allylic oxidation sites excluding steroid dienone is 1. The van der Waals surface area contributed by atoms with E-state index in [4.69, 9.17) is 30.6 Å². The Morgan fingerprint density at radius 1 is 1.14 bits per heavy atom. The van der Waals surface area contributed by atoms with Gasteiger partial charge in [0.05, 0.1) is 24.5 Å². The largest absolute Gasteiger partial charge is 0.481 e. The van der Waals surface area contributed by atoms with Crippen LogP contribution in [0, 0.1) is 0 Å². The van der Waals surface area contributed by atoms with E-state index in [1.165, 1.54) is 12.4 Å². The number of benzene rings is 2. The van der Waals surface area contributed by atoms with Crippen LogP contribution in [0.15, 0.2) is 54.7 Å². The monoisotopic (exact) mass is 487 g/mol. The fourth-order valence-electron chi connectivity index (χ4n) is 3.78. The van der Waals surface area contributed by atoms with E-state index in [2.05, 4.69) is 10.6 Å². The third-order valence-electron chi connectivity index (χ3n) is 5.62. The van der Waals surface area contributed by atoms with Gasteiger partial charge >= 0.3 is 0 Å². The summed E-state index contributed by atoms with van der Waals surface area (Å²) in [6.45, 7) is 6.39. The number of nitrogens with one attached hydrogen (secondary N) is 2. The van der Waals surface area contributed by atoms with E-state index in [9.17, 15) is 4.79 Å². The van der Waals surface area contributed by atoms with Crippen LogP contribution in [-0.4, -0.2) is 34.2 Å². The van der Waals surface area contributed by atoms with Crippen molar-refractivity contribution in [1.29, 1.82) is 0 Å². The smallest absolute Gasteiger partial charge is 0.260 e. The second-order valence-corrected chi connectivity index (χ2v) is 8.76. The number of hydrogen-bond acceptors (Lipinski definition) is 7. The summed E-state index contributed by atoms with van der Waals surface area (Å²) in [4.78, 5) is 21.8. The quantitative estimate of drug-likeness (QED) is 0.340. The fraction of sp³-hybridized carbons (Fsp3) is 0.259. The van der Waals surface area contributed by atoms with Crippen LogP contribution in [0.25, 0.3) is 17.0 Å². The molecule has 0 spiro atoms. The Kier molecular flexibility index (Phi) is 7.60. The molecular weight excluding hydrogens is 456 g/mol. The number of ether oxygens (including phenoxy) is 2. The van der Waals surface area contributed by atoms with Crippen LogP contribution in [0.1, 0.15) is 37.6 Å². The third-order valence-corrected chi connectivity index (χ3v) is 5.62.